The predicted octanol–water partition coefficient (Wildman–Crippen LogP) is 4.48. The lowest BCUT2D eigenvalue weighted by atomic mass is 10.00. The zero-order valence-corrected chi connectivity index (χ0v) is 18.6. The van der Waals surface area contributed by atoms with Crippen molar-refractivity contribution in [3.63, 3.8) is 0 Å². The summed E-state index contributed by atoms with van der Waals surface area (Å²) < 4.78 is 0. The molecule has 0 saturated carbocycles. The smallest absolute Gasteiger partial charge is 0.180 e. The molecular formula is C25H23N5OS. The minimum absolute atomic E-state index is 0.0420. The van der Waals surface area contributed by atoms with Gasteiger partial charge in [0.2, 0.25) is 0 Å². The SMILES string of the molecule is CN1CC=C(c2cc(C(=O)Cc3cc4cc(-c5cnc(N)s5)ccc4cn3)ccn2)CC1. The Morgan fingerprint density at radius 3 is 2.78 bits per heavy atom. The van der Waals surface area contributed by atoms with Crippen LogP contribution in [0.25, 0.3) is 26.8 Å². The van der Waals surface area contributed by atoms with Crippen LogP contribution in [-0.2, 0) is 6.42 Å². The lowest BCUT2D eigenvalue weighted by Crippen LogP contribution is -2.23. The number of nitrogens with zero attached hydrogens (tertiary/aromatic N) is 4. The van der Waals surface area contributed by atoms with Gasteiger partial charge in [-0.2, -0.15) is 0 Å². The summed E-state index contributed by atoms with van der Waals surface area (Å²) in [5.74, 6) is 0.0420. The summed E-state index contributed by atoms with van der Waals surface area (Å²) in [6, 6.07) is 11.8. The summed E-state index contributed by atoms with van der Waals surface area (Å²) in [6.45, 7) is 1.91. The quantitative estimate of drug-likeness (QED) is 0.460. The van der Waals surface area contributed by atoms with Crippen molar-refractivity contribution < 1.29 is 4.79 Å². The molecule has 2 N–H and O–H groups in total. The third-order valence-corrected chi connectivity index (χ3v) is 6.63. The van der Waals surface area contributed by atoms with E-state index in [1.165, 1.54) is 16.9 Å². The standard InChI is InChI=1S/C25H23N5OS/c1-30-8-5-16(6-9-30)22-12-17(4-7-27-22)23(31)13-21-11-20-10-18(2-3-19(20)14-28-21)24-15-29-25(26)32-24/h2-5,7,10-12,14-15H,6,8-9,13H2,1H3,(H2,26,29). The Bertz CT molecular complexity index is 1340. The fourth-order valence-electron chi connectivity index (χ4n) is 3.91. The number of hydrogen-bond acceptors (Lipinski definition) is 7. The van der Waals surface area contributed by atoms with Gasteiger partial charge in [-0.1, -0.05) is 29.5 Å². The number of aromatic nitrogens is 3. The van der Waals surface area contributed by atoms with Crippen molar-refractivity contribution in [2.75, 3.05) is 25.9 Å². The van der Waals surface area contributed by atoms with Gasteiger partial charge in [-0.15, -0.1) is 0 Å². The van der Waals surface area contributed by atoms with Crippen molar-refractivity contribution in [1.29, 1.82) is 0 Å². The maximum Gasteiger partial charge on any atom is 0.180 e. The normalized spacial score (nSPS) is 14.5. The van der Waals surface area contributed by atoms with E-state index in [0.717, 1.165) is 52.1 Å². The number of thiazole rings is 1. The third-order valence-electron chi connectivity index (χ3n) is 5.75. The number of benzene rings is 1. The minimum Gasteiger partial charge on any atom is -0.375 e. The van der Waals surface area contributed by atoms with Gasteiger partial charge < -0.3 is 10.6 Å². The summed E-state index contributed by atoms with van der Waals surface area (Å²) in [7, 11) is 2.10. The average Bonchev–Trinajstić information content (AvgIpc) is 3.25. The predicted molar refractivity (Wildman–Crippen MR) is 130 cm³/mol. The van der Waals surface area contributed by atoms with Gasteiger partial charge in [0.25, 0.3) is 0 Å². The average molecular weight is 442 g/mol. The summed E-state index contributed by atoms with van der Waals surface area (Å²) in [5.41, 5.74) is 10.4. The molecule has 5 rings (SSSR count). The van der Waals surface area contributed by atoms with E-state index in [1.807, 2.05) is 30.5 Å². The van der Waals surface area contributed by atoms with Gasteiger partial charge >= 0.3 is 0 Å². The fraction of sp³-hybridized carbons (Fsp3) is 0.200. The molecule has 0 bridgehead atoms. The molecule has 0 fully saturated rings. The maximum absolute atomic E-state index is 13.0. The topological polar surface area (TPSA) is 85.0 Å². The molecule has 160 valence electrons. The van der Waals surface area contributed by atoms with E-state index in [-0.39, 0.29) is 12.2 Å². The van der Waals surface area contributed by atoms with Crippen LogP contribution in [0.1, 0.15) is 28.2 Å². The van der Waals surface area contributed by atoms with Crippen molar-refractivity contribution in [2.45, 2.75) is 12.8 Å². The molecule has 6 nitrogen and oxygen atoms in total. The van der Waals surface area contributed by atoms with Gasteiger partial charge in [0, 0.05) is 48.3 Å². The van der Waals surface area contributed by atoms with Gasteiger partial charge in [-0.3, -0.25) is 14.8 Å². The number of Topliss-reactive ketones (excluding diaryl/α,β-unsaturated/α-hetero) is 1. The third kappa shape index (κ3) is 4.30. The molecule has 0 radical (unpaired) electrons. The molecule has 7 heteroatoms. The highest BCUT2D eigenvalue weighted by Gasteiger charge is 2.14. The highest BCUT2D eigenvalue weighted by atomic mass is 32.1. The van der Waals surface area contributed by atoms with Crippen LogP contribution in [-0.4, -0.2) is 45.8 Å². The molecular weight excluding hydrogens is 418 g/mol. The van der Waals surface area contributed by atoms with E-state index < -0.39 is 0 Å². The molecule has 3 aromatic heterocycles. The summed E-state index contributed by atoms with van der Waals surface area (Å²) >= 11 is 1.46. The molecule has 1 aliphatic rings. The number of nitrogen functional groups attached to an aromatic ring is 1. The Kier molecular flexibility index (Phi) is 5.51. The second-order valence-corrected chi connectivity index (χ2v) is 9.13. The van der Waals surface area contributed by atoms with Crippen molar-refractivity contribution in [1.82, 2.24) is 19.9 Å². The monoisotopic (exact) mass is 441 g/mol. The summed E-state index contributed by atoms with van der Waals surface area (Å²) in [6.07, 6.45) is 8.72. The maximum atomic E-state index is 13.0. The van der Waals surface area contributed by atoms with E-state index in [0.29, 0.717) is 10.7 Å². The molecule has 1 aliphatic heterocycles. The van der Waals surface area contributed by atoms with Crippen LogP contribution in [0.15, 0.2) is 61.1 Å². The number of pyridine rings is 2. The second-order valence-electron chi connectivity index (χ2n) is 8.07. The number of ketones is 1. The number of fused-ring (bicyclic) bond motifs is 1. The first-order valence-corrected chi connectivity index (χ1v) is 11.3. The van der Waals surface area contributed by atoms with Crippen LogP contribution in [0, 0.1) is 0 Å². The van der Waals surface area contributed by atoms with Crippen LogP contribution in [0.3, 0.4) is 0 Å². The van der Waals surface area contributed by atoms with Crippen LogP contribution in [0.5, 0.6) is 0 Å². The number of likely N-dealkylation sites (N-methyl/N-ethyl adjacent to an activating group) is 1. The lowest BCUT2D eigenvalue weighted by molar-refractivity contribution is 0.0992. The van der Waals surface area contributed by atoms with Crippen molar-refractivity contribution in [3.8, 4) is 10.4 Å². The van der Waals surface area contributed by atoms with Gasteiger partial charge in [0.15, 0.2) is 10.9 Å². The van der Waals surface area contributed by atoms with Gasteiger partial charge in [0.05, 0.1) is 17.0 Å². The Balaban J connectivity index is 1.38. The van der Waals surface area contributed by atoms with Gasteiger partial charge in [0.1, 0.15) is 0 Å². The first-order valence-electron chi connectivity index (χ1n) is 10.5. The van der Waals surface area contributed by atoms with E-state index in [2.05, 4.69) is 39.0 Å². The molecule has 4 heterocycles. The highest BCUT2D eigenvalue weighted by molar-refractivity contribution is 7.18. The number of nitrogens with two attached hydrogens (primary N) is 1. The fourth-order valence-corrected chi connectivity index (χ4v) is 4.59. The van der Waals surface area contributed by atoms with Crippen LogP contribution in [0.4, 0.5) is 5.13 Å². The summed E-state index contributed by atoms with van der Waals surface area (Å²) in [5, 5.41) is 2.62. The molecule has 32 heavy (non-hydrogen) atoms. The number of anilines is 1. The van der Waals surface area contributed by atoms with E-state index in [9.17, 15) is 4.79 Å². The highest BCUT2D eigenvalue weighted by Crippen LogP contribution is 2.30. The largest absolute Gasteiger partial charge is 0.375 e. The number of rotatable bonds is 5. The molecule has 4 aromatic rings. The van der Waals surface area contributed by atoms with Crippen molar-refractivity contribution in [3.05, 3.63) is 78.0 Å². The Hall–Kier alpha value is -3.42. The minimum atomic E-state index is 0.0420. The molecule has 0 atom stereocenters. The molecule has 0 saturated heterocycles. The molecule has 0 aliphatic carbocycles. The zero-order valence-electron chi connectivity index (χ0n) is 17.8. The van der Waals surface area contributed by atoms with Crippen LogP contribution >= 0.6 is 11.3 Å². The van der Waals surface area contributed by atoms with E-state index >= 15 is 0 Å². The number of carbonyl (C=O) groups excluding carboxylic acids is 1. The molecule has 0 spiro atoms. The van der Waals surface area contributed by atoms with Crippen molar-refractivity contribution in [2.24, 2.45) is 0 Å². The Morgan fingerprint density at radius 1 is 1.09 bits per heavy atom. The Labute approximate surface area is 190 Å². The second kappa shape index (κ2) is 8.61. The first kappa shape index (κ1) is 20.5. The van der Waals surface area contributed by atoms with Crippen LogP contribution < -0.4 is 5.73 Å². The van der Waals surface area contributed by atoms with Crippen molar-refractivity contribution >= 4 is 38.6 Å². The zero-order chi connectivity index (χ0) is 22.1. The van der Waals surface area contributed by atoms with E-state index in [4.69, 9.17) is 5.73 Å². The van der Waals surface area contributed by atoms with E-state index in [1.54, 1.807) is 18.5 Å². The molecule has 0 unspecified atom stereocenters. The summed E-state index contributed by atoms with van der Waals surface area (Å²) in [4.78, 5) is 29.4. The lowest BCUT2D eigenvalue weighted by Gasteiger charge is -2.21. The van der Waals surface area contributed by atoms with Crippen LogP contribution in [0.2, 0.25) is 0 Å². The first-order chi connectivity index (χ1) is 15.5. The molecule has 1 aromatic carbocycles. The molecule has 0 amide bonds. The van der Waals surface area contributed by atoms with Gasteiger partial charge in [-0.05, 0) is 54.3 Å². The number of hydrogen-bond donors (Lipinski definition) is 1. The van der Waals surface area contributed by atoms with Gasteiger partial charge in [-0.25, -0.2) is 4.98 Å². The Morgan fingerprint density at radius 2 is 2.00 bits per heavy atom. The number of carbonyl (C=O) groups is 1.